The summed E-state index contributed by atoms with van der Waals surface area (Å²) in [6.45, 7) is 5.61. The van der Waals surface area contributed by atoms with Crippen LogP contribution in [-0.4, -0.2) is 22.2 Å². The smallest absolute Gasteiger partial charge is 0.408 e. The van der Waals surface area contributed by atoms with Crippen molar-refractivity contribution in [2.75, 3.05) is 5.73 Å². The van der Waals surface area contributed by atoms with Crippen LogP contribution in [0.15, 0.2) is 5.38 Å². The van der Waals surface area contributed by atoms with E-state index in [9.17, 15) is 4.79 Å². The highest BCUT2D eigenvalue weighted by atomic mass is 32.1. The molecule has 6 heteroatoms. The van der Waals surface area contributed by atoms with Gasteiger partial charge in [-0.05, 0) is 40.0 Å². The van der Waals surface area contributed by atoms with E-state index in [1.54, 1.807) is 0 Å². The van der Waals surface area contributed by atoms with E-state index in [0.29, 0.717) is 5.13 Å². The van der Waals surface area contributed by atoms with Gasteiger partial charge in [-0.15, -0.1) is 11.3 Å². The summed E-state index contributed by atoms with van der Waals surface area (Å²) < 4.78 is 5.29. The van der Waals surface area contributed by atoms with Crippen molar-refractivity contribution in [3.8, 4) is 0 Å². The fourth-order valence-corrected chi connectivity index (χ4v) is 3.93. The molecule has 3 N–H and O–H groups in total. The first-order valence-electron chi connectivity index (χ1n) is 6.45. The molecular formula is C13H19N3O2S. The second-order valence-electron chi connectivity index (χ2n) is 6.79. The van der Waals surface area contributed by atoms with Crippen LogP contribution in [0.2, 0.25) is 0 Å². The number of nitrogens with one attached hydrogen (secondary N) is 1. The molecule has 3 aliphatic rings. The lowest BCUT2D eigenvalue weighted by atomic mass is 9.38. The van der Waals surface area contributed by atoms with Crippen molar-refractivity contribution in [1.29, 1.82) is 0 Å². The Morgan fingerprint density at radius 2 is 2.11 bits per heavy atom. The number of amides is 1. The second kappa shape index (κ2) is 3.62. The maximum atomic E-state index is 11.8. The van der Waals surface area contributed by atoms with Gasteiger partial charge in [0.05, 0.1) is 5.69 Å². The fourth-order valence-electron chi connectivity index (χ4n) is 3.24. The molecule has 19 heavy (non-hydrogen) atoms. The Balaban J connectivity index is 1.57. The minimum absolute atomic E-state index is 0.0687. The van der Waals surface area contributed by atoms with Crippen molar-refractivity contribution in [3.63, 3.8) is 0 Å². The van der Waals surface area contributed by atoms with Crippen molar-refractivity contribution in [1.82, 2.24) is 10.3 Å². The van der Waals surface area contributed by atoms with Gasteiger partial charge in [-0.2, -0.15) is 0 Å². The monoisotopic (exact) mass is 281 g/mol. The van der Waals surface area contributed by atoms with Crippen molar-refractivity contribution in [3.05, 3.63) is 11.1 Å². The number of hydrogen-bond acceptors (Lipinski definition) is 5. The molecule has 3 fully saturated rings. The number of anilines is 1. The van der Waals surface area contributed by atoms with Gasteiger partial charge < -0.3 is 15.8 Å². The van der Waals surface area contributed by atoms with Crippen molar-refractivity contribution >= 4 is 22.6 Å². The van der Waals surface area contributed by atoms with Gasteiger partial charge in [0.1, 0.15) is 5.60 Å². The van der Waals surface area contributed by atoms with Gasteiger partial charge in [-0.3, -0.25) is 0 Å². The number of rotatable bonds is 2. The summed E-state index contributed by atoms with van der Waals surface area (Å²) in [6.07, 6.45) is 2.52. The Hall–Kier alpha value is -1.30. The highest BCUT2D eigenvalue weighted by Gasteiger charge is 2.70. The molecule has 0 radical (unpaired) electrons. The lowest BCUT2D eigenvalue weighted by molar-refractivity contribution is -0.0905. The van der Waals surface area contributed by atoms with E-state index in [1.807, 2.05) is 26.2 Å². The molecule has 1 aromatic rings. The molecule has 1 aromatic heterocycles. The van der Waals surface area contributed by atoms with Gasteiger partial charge in [0.15, 0.2) is 5.13 Å². The van der Waals surface area contributed by atoms with Crippen LogP contribution in [0.5, 0.6) is 0 Å². The third-order valence-electron chi connectivity index (χ3n) is 3.86. The molecule has 0 atom stereocenters. The summed E-state index contributed by atoms with van der Waals surface area (Å²) in [5, 5.41) is 5.65. The Morgan fingerprint density at radius 1 is 1.47 bits per heavy atom. The molecule has 4 rings (SSSR count). The molecule has 1 amide bonds. The second-order valence-corrected chi connectivity index (χ2v) is 7.68. The van der Waals surface area contributed by atoms with Crippen molar-refractivity contribution in [2.45, 2.75) is 56.6 Å². The zero-order chi connectivity index (χ0) is 13.9. The Bertz CT molecular complexity index is 512. The van der Waals surface area contributed by atoms with Gasteiger partial charge in [-0.25, -0.2) is 9.78 Å². The fraction of sp³-hybridized carbons (Fsp3) is 0.692. The highest BCUT2D eigenvalue weighted by Crippen LogP contribution is 2.67. The maximum absolute atomic E-state index is 11.8. The van der Waals surface area contributed by atoms with Crippen LogP contribution >= 0.6 is 11.3 Å². The lowest BCUT2D eigenvalue weighted by Crippen LogP contribution is -2.77. The van der Waals surface area contributed by atoms with E-state index in [1.165, 1.54) is 11.3 Å². The molecule has 0 unspecified atom stereocenters. The highest BCUT2D eigenvalue weighted by molar-refractivity contribution is 7.13. The average molecular weight is 281 g/mol. The number of nitrogen functional groups attached to an aromatic ring is 1. The first kappa shape index (κ1) is 12.7. The normalized spacial score (nSPS) is 32.2. The minimum Gasteiger partial charge on any atom is -0.444 e. The standard InChI is InChI=1S/C13H19N3O2S/c1-11(2,3)18-10(17)16-13-5-12(6-13,7-13)8-4-19-9(14)15-8/h4H,5-7H2,1-3H3,(H2,14,15)(H,16,17). The number of hydrogen-bond donors (Lipinski definition) is 2. The predicted octanol–water partition coefficient (Wildman–Crippen LogP) is 2.42. The van der Waals surface area contributed by atoms with Crippen LogP contribution in [0.4, 0.5) is 9.93 Å². The number of carbonyl (C=O) groups excluding carboxylic acids is 1. The van der Waals surface area contributed by atoms with Crippen LogP contribution in [0, 0.1) is 0 Å². The lowest BCUT2D eigenvalue weighted by Gasteiger charge is -2.69. The number of thiazole rings is 1. The molecule has 0 aromatic carbocycles. The van der Waals surface area contributed by atoms with E-state index in [0.717, 1.165) is 25.0 Å². The summed E-state index contributed by atoms with van der Waals surface area (Å²) in [5.41, 5.74) is 6.40. The van der Waals surface area contributed by atoms with Crippen LogP contribution in [0.1, 0.15) is 45.7 Å². The molecule has 3 aliphatic carbocycles. The third-order valence-corrected chi connectivity index (χ3v) is 4.54. The number of ether oxygens (including phenoxy) is 1. The van der Waals surface area contributed by atoms with Crippen molar-refractivity contribution < 1.29 is 9.53 Å². The average Bonchev–Trinajstić information content (AvgIpc) is 2.52. The molecule has 104 valence electrons. The van der Waals surface area contributed by atoms with Gasteiger partial charge in [0.2, 0.25) is 0 Å². The maximum Gasteiger partial charge on any atom is 0.408 e. The number of alkyl carbamates (subject to hydrolysis) is 1. The molecule has 5 nitrogen and oxygen atoms in total. The topological polar surface area (TPSA) is 77.2 Å². The Labute approximate surface area is 116 Å². The minimum atomic E-state index is -0.450. The third kappa shape index (κ3) is 2.08. The quantitative estimate of drug-likeness (QED) is 0.872. The number of aromatic nitrogens is 1. The Morgan fingerprint density at radius 3 is 2.58 bits per heavy atom. The molecule has 1 heterocycles. The zero-order valence-corrected chi connectivity index (χ0v) is 12.3. The van der Waals surface area contributed by atoms with Crippen LogP contribution in [-0.2, 0) is 10.2 Å². The summed E-state index contributed by atoms with van der Waals surface area (Å²) in [4.78, 5) is 16.1. The van der Waals surface area contributed by atoms with E-state index < -0.39 is 5.60 Å². The molecule has 0 saturated heterocycles. The number of carbonyl (C=O) groups is 1. The molecule has 2 bridgehead atoms. The van der Waals surface area contributed by atoms with Crippen LogP contribution in [0.25, 0.3) is 0 Å². The Kier molecular flexibility index (Phi) is 2.43. The molecule has 3 saturated carbocycles. The van der Waals surface area contributed by atoms with Crippen LogP contribution < -0.4 is 11.1 Å². The van der Waals surface area contributed by atoms with E-state index in [2.05, 4.69) is 10.3 Å². The first-order valence-corrected chi connectivity index (χ1v) is 7.33. The first-order chi connectivity index (χ1) is 8.72. The number of nitrogens with two attached hydrogens (primary N) is 1. The van der Waals surface area contributed by atoms with Gasteiger partial charge in [-0.1, -0.05) is 0 Å². The molecule has 0 spiro atoms. The van der Waals surface area contributed by atoms with E-state index in [4.69, 9.17) is 10.5 Å². The van der Waals surface area contributed by atoms with Crippen molar-refractivity contribution in [2.24, 2.45) is 0 Å². The van der Waals surface area contributed by atoms with E-state index in [-0.39, 0.29) is 17.0 Å². The number of nitrogens with zero attached hydrogens (tertiary/aromatic N) is 1. The molecule has 0 aliphatic heterocycles. The molecular weight excluding hydrogens is 262 g/mol. The van der Waals surface area contributed by atoms with Gasteiger partial charge >= 0.3 is 6.09 Å². The van der Waals surface area contributed by atoms with Crippen LogP contribution in [0.3, 0.4) is 0 Å². The summed E-state index contributed by atoms with van der Waals surface area (Å²) in [5.74, 6) is 0. The largest absolute Gasteiger partial charge is 0.444 e. The summed E-state index contributed by atoms with van der Waals surface area (Å²) >= 11 is 1.48. The van der Waals surface area contributed by atoms with Gasteiger partial charge in [0, 0.05) is 16.3 Å². The SMILES string of the molecule is CC(C)(C)OC(=O)NC12CC(c3csc(N)n3)(C1)C2. The predicted molar refractivity (Wildman–Crippen MR) is 74.2 cm³/mol. The summed E-state index contributed by atoms with van der Waals surface area (Å²) in [6, 6.07) is 0. The van der Waals surface area contributed by atoms with Gasteiger partial charge in [0.25, 0.3) is 0 Å². The van der Waals surface area contributed by atoms with E-state index >= 15 is 0 Å². The summed E-state index contributed by atoms with van der Waals surface area (Å²) in [7, 11) is 0. The zero-order valence-electron chi connectivity index (χ0n) is 11.4.